The molecule has 0 saturated heterocycles. The summed E-state index contributed by atoms with van der Waals surface area (Å²) in [6.45, 7) is 1.72. The smallest absolute Gasteiger partial charge is 0.325 e. The van der Waals surface area contributed by atoms with Crippen LogP contribution in [0.25, 0.3) is 0 Å². The van der Waals surface area contributed by atoms with E-state index in [1.165, 1.54) is 7.11 Å². The molecule has 1 aromatic carbocycles. The number of anilines is 1. The molecule has 0 radical (unpaired) electrons. The van der Waals surface area contributed by atoms with Gasteiger partial charge in [0.25, 0.3) is 5.91 Å². The summed E-state index contributed by atoms with van der Waals surface area (Å²) in [5.74, 6) is -1.02. The van der Waals surface area contributed by atoms with Crippen molar-refractivity contribution < 1.29 is 19.1 Å². The van der Waals surface area contributed by atoms with E-state index in [2.05, 4.69) is 15.4 Å². The largest absolute Gasteiger partial charge is 0.468 e. The molecule has 0 atom stereocenters. The standard InChI is InChI=1S/C14H18N2O4/c1-3-5-12(17)16-11-7-4-6-10(8-11)14(19)15-9-13(18)20-2/h4,6-8H,3,5,9H2,1-2H3,(H,15,19)(H,16,17). The van der Waals surface area contributed by atoms with E-state index in [4.69, 9.17) is 0 Å². The van der Waals surface area contributed by atoms with Gasteiger partial charge in [0.05, 0.1) is 7.11 Å². The monoisotopic (exact) mass is 278 g/mol. The molecule has 1 aromatic rings. The zero-order valence-corrected chi connectivity index (χ0v) is 11.6. The summed E-state index contributed by atoms with van der Waals surface area (Å²) in [4.78, 5) is 34.2. The van der Waals surface area contributed by atoms with Gasteiger partial charge in [0.1, 0.15) is 6.54 Å². The van der Waals surface area contributed by atoms with Gasteiger partial charge < -0.3 is 15.4 Å². The molecule has 6 heteroatoms. The van der Waals surface area contributed by atoms with Gasteiger partial charge in [-0.25, -0.2) is 0 Å². The third kappa shape index (κ3) is 5.09. The van der Waals surface area contributed by atoms with Crippen LogP contribution in [0.2, 0.25) is 0 Å². The number of carbonyl (C=O) groups is 3. The van der Waals surface area contributed by atoms with Gasteiger partial charge in [-0.2, -0.15) is 0 Å². The minimum Gasteiger partial charge on any atom is -0.468 e. The van der Waals surface area contributed by atoms with Gasteiger partial charge in [-0.1, -0.05) is 13.0 Å². The Morgan fingerprint density at radius 1 is 1.25 bits per heavy atom. The highest BCUT2D eigenvalue weighted by Gasteiger charge is 2.09. The molecule has 0 heterocycles. The van der Waals surface area contributed by atoms with E-state index in [9.17, 15) is 14.4 Å². The molecule has 0 spiro atoms. The number of benzene rings is 1. The molecule has 2 amide bonds. The molecular formula is C14H18N2O4. The maximum Gasteiger partial charge on any atom is 0.325 e. The highest BCUT2D eigenvalue weighted by atomic mass is 16.5. The molecule has 108 valence electrons. The third-order valence-corrected chi connectivity index (χ3v) is 2.51. The van der Waals surface area contributed by atoms with Crippen molar-refractivity contribution in [3.8, 4) is 0 Å². The van der Waals surface area contributed by atoms with Crippen molar-refractivity contribution in [1.82, 2.24) is 5.32 Å². The maximum atomic E-state index is 11.8. The zero-order chi connectivity index (χ0) is 15.0. The van der Waals surface area contributed by atoms with Crippen LogP contribution in [-0.4, -0.2) is 31.4 Å². The van der Waals surface area contributed by atoms with Crippen LogP contribution in [0, 0.1) is 0 Å². The molecule has 1 rings (SSSR count). The first-order valence-electron chi connectivity index (χ1n) is 6.31. The van der Waals surface area contributed by atoms with Gasteiger partial charge >= 0.3 is 5.97 Å². The first-order chi connectivity index (χ1) is 9.56. The van der Waals surface area contributed by atoms with Crippen LogP contribution in [0.15, 0.2) is 24.3 Å². The first-order valence-corrected chi connectivity index (χ1v) is 6.31. The molecule has 0 aliphatic carbocycles. The highest BCUT2D eigenvalue weighted by molar-refractivity contribution is 5.98. The van der Waals surface area contributed by atoms with Gasteiger partial charge in [-0.3, -0.25) is 14.4 Å². The average Bonchev–Trinajstić information content (AvgIpc) is 2.44. The second-order valence-corrected chi connectivity index (χ2v) is 4.14. The summed E-state index contributed by atoms with van der Waals surface area (Å²) in [5, 5.41) is 5.13. The SMILES string of the molecule is CCCC(=O)Nc1cccc(C(=O)NCC(=O)OC)c1. The summed E-state index contributed by atoms with van der Waals surface area (Å²) in [7, 11) is 1.25. The van der Waals surface area contributed by atoms with Gasteiger partial charge in [0, 0.05) is 17.7 Å². The Morgan fingerprint density at radius 3 is 2.65 bits per heavy atom. The molecule has 0 bridgehead atoms. The Labute approximate surface area is 117 Å². The summed E-state index contributed by atoms with van der Waals surface area (Å²) in [5.41, 5.74) is 0.914. The molecule has 6 nitrogen and oxygen atoms in total. The maximum absolute atomic E-state index is 11.8. The number of carbonyl (C=O) groups excluding carboxylic acids is 3. The first kappa shape index (κ1) is 15.7. The van der Waals surface area contributed by atoms with Crippen LogP contribution < -0.4 is 10.6 Å². The number of rotatable bonds is 6. The molecule has 0 aliphatic rings. The van der Waals surface area contributed by atoms with Gasteiger partial charge in [0.15, 0.2) is 0 Å². The molecule has 0 saturated carbocycles. The van der Waals surface area contributed by atoms with Gasteiger partial charge in [-0.05, 0) is 24.6 Å². The van der Waals surface area contributed by atoms with E-state index < -0.39 is 11.9 Å². The van der Waals surface area contributed by atoms with E-state index in [1.807, 2.05) is 6.92 Å². The fourth-order valence-electron chi connectivity index (χ4n) is 1.52. The van der Waals surface area contributed by atoms with Crippen LogP contribution in [0.3, 0.4) is 0 Å². The highest BCUT2D eigenvalue weighted by Crippen LogP contribution is 2.11. The summed E-state index contributed by atoms with van der Waals surface area (Å²) in [6, 6.07) is 6.52. The van der Waals surface area contributed by atoms with Gasteiger partial charge in [-0.15, -0.1) is 0 Å². The zero-order valence-electron chi connectivity index (χ0n) is 11.6. The fraction of sp³-hybridized carbons (Fsp3) is 0.357. The van der Waals surface area contributed by atoms with Crippen molar-refractivity contribution in [2.45, 2.75) is 19.8 Å². The van der Waals surface area contributed by atoms with Crippen molar-refractivity contribution in [2.75, 3.05) is 19.0 Å². The number of esters is 1. The number of hydrogen-bond acceptors (Lipinski definition) is 4. The molecule has 2 N–H and O–H groups in total. The Bertz CT molecular complexity index is 500. The average molecular weight is 278 g/mol. The second kappa shape index (κ2) is 7.93. The van der Waals surface area contributed by atoms with Crippen molar-refractivity contribution in [2.24, 2.45) is 0 Å². The number of nitrogens with one attached hydrogen (secondary N) is 2. The summed E-state index contributed by atoms with van der Waals surface area (Å²) >= 11 is 0. The number of ether oxygens (including phenoxy) is 1. The summed E-state index contributed by atoms with van der Waals surface area (Å²) < 4.78 is 4.43. The van der Waals surface area contributed by atoms with Crippen molar-refractivity contribution in [3.63, 3.8) is 0 Å². The van der Waals surface area contributed by atoms with Gasteiger partial charge in [0.2, 0.25) is 5.91 Å². The molecule has 0 aromatic heterocycles. The van der Waals surface area contributed by atoms with E-state index in [1.54, 1.807) is 24.3 Å². The molecule has 0 aliphatic heterocycles. The normalized spacial score (nSPS) is 9.70. The number of amides is 2. The number of methoxy groups -OCH3 is 1. The Kier molecular flexibility index (Phi) is 6.22. The fourth-order valence-corrected chi connectivity index (χ4v) is 1.52. The van der Waals surface area contributed by atoms with Crippen LogP contribution >= 0.6 is 0 Å². The Hall–Kier alpha value is -2.37. The lowest BCUT2D eigenvalue weighted by atomic mass is 10.2. The number of hydrogen-bond donors (Lipinski definition) is 2. The molecular weight excluding hydrogens is 260 g/mol. The van der Waals surface area contributed by atoms with E-state index in [0.29, 0.717) is 17.7 Å². The van der Waals surface area contributed by atoms with E-state index in [-0.39, 0.29) is 12.5 Å². The molecule has 20 heavy (non-hydrogen) atoms. The molecule has 0 fully saturated rings. The summed E-state index contributed by atoms with van der Waals surface area (Å²) in [6.07, 6.45) is 1.18. The lowest BCUT2D eigenvalue weighted by Crippen LogP contribution is -2.30. The lowest BCUT2D eigenvalue weighted by Gasteiger charge is -2.07. The van der Waals surface area contributed by atoms with Crippen LogP contribution in [0.1, 0.15) is 30.1 Å². The van der Waals surface area contributed by atoms with Crippen molar-refractivity contribution in [1.29, 1.82) is 0 Å². The predicted molar refractivity (Wildman–Crippen MR) is 74.3 cm³/mol. The minimum absolute atomic E-state index is 0.0976. The Balaban J connectivity index is 2.65. The van der Waals surface area contributed by atoms with Crippen molar-refractivity contribution >= 4 is 23.5 Å². The van der Waals surface area contributed by atoms with Crippen LogP contribution in [0.5, 0.6) is 0 Å². The predicted octanol–water partition coefficient (Wildman–Crippen LogP) is 1.33. The Morgan fingerprint density at radius 2 is 2.00 bits per heavy atom. The van der Waals surface area contributed by atoms with E-state index >= 15 is 0 Å². The minimum atomic E-state index is -0.522. The van der Waals surface area contributed by atoms with Crippen LogP contribution in [-0.2, 0) is 14.3 Å². The van der Waals surface area contributed by atoms with E-state index in [0.717, 1.165) is 6.42 Å². The quantitative estimate of drug-likeness (QED) is 0.769. The lowest BCUT2D eigenvalue weighted by molar-refractivity contribution is -0.139. The molecule has 0 unspecified atom stereocenters. The third-order valence-electron chi connectivity index (χ3n) is 2.51. The van der Waals surface area contributed by atoms with Crippen molar-refractivity contribution in [3.05, 3.63) is 29.8 Å². The second-order valence-electron chi connectivity index (χ2n) is 4.14. The van der Waals surface area contributed by atoms with Crippen LogP contribution in [0.4, 0.5) is 5.69 Å². The topological polar surface area (TPSA) is 84.5 Å².